The van der Waals surface area contributed by atoms with Crippen LogP contribution in [0.5, 0.6) is 0 Å². The molecule has 0 saturated heterocycles. The van der Waals surface area contributed by atoms with Crippen molar-refractivity contribution in [3.8, 4) is 5.40 Å². The number of nitrogens with zero attached hydrogens (tertiary/aromatic N) is 1. The zero-order chi connectivity index (χ0) is 2.71. The summed E-state index contributed by atoms with van der Waals surface area (Å²) in [5.74, 6) is 0. The molecule has 0 heterocycles. The van der Waals surface area contributed by atoms with E-state index in [0.717, 1.165) is 0 Å². The lowest BCUT2D eigenvalue weighted by Crippen LogP contribution is -0.961. The van der Waals surface area contributed by atoms with Crippen LogP contribution < -0.4 is 0 Å². The second-order valence-electron chi connectivity index (χ2n) is 0.100. The fourth-order valence-corrected chi connectivity index (χ4v) is 0. The summed E-state index contributed by atoms with van der Waals surface area (Å²) in [6, 6.07) is 0. The van der Waals surface area contributed by atoms with E-state index in [1.807, 2.05) is 0 Å². The van der Waals surface area contributed by atoms with Crippen LogP contribution in [0.4, 0.5) is 0 Å². The maximum atomic E-state index is 7.18. The van der Waals surface area contributed by atoms with Gasteiger partial charge in [0.15, 0.2) is 0 Å². The molecule has 0 aliphatic rings. The van der Waals surface area contributed by atoms with Crippen molar-refractivity contribution in [1.82, 2.24) is 0 Å². The van der Waals surface area contributed by atoms with Gasteiger partial charge in [-0.25, -0.2) is 0 Å². The van der Waals surface area contributed by atoms with Crippen molar-refractivity contribution in [3.05, 3.63) is 0 Å². The summed E-state index contributed by atoms with van der Waals surface area (Å²) in [6.07, 6.45) is 0. The molecule has 2 radical (unpaired) electrons. The molecule has 0 spiro atoms. The Labute approximate surface area is 37.5 Å². The second kappa shape index (κ2) is 10.8. The summed E-state index contributed by atoms with van der Waals surface area (Å²) in [5, 5.41) is 8.63. The predicted molar refractivity (Wildman–Crippen MR) is 22.2 cm³/mol. The lowest BCUT2D eigenvalue weighted by Gasteiger charge is -1.14. The largest absolute Gasteiger partial charge is 0.185 e. The van der Waals surface area contributed by atoms with Gasteiger partial charge in [0.25, 0.3) is 0 Å². The average Bonchev–Trinajstić information content (AvgIpc) is 0.918. The van der Waals surface area contributed by atoms with Crippen LogP contribution in [0.3, 0.4) is 0 Å². The monoisotopic (exact) mass is 91.0 g/mol. The molecule has 0 aromatic rings. The minimum atomic E-state index is 0. The van der Waals surface area contributed by atoms with E-state index in [0.29, 0.717) is 0 Å². The van der Waals surface area contributed by atoms with Gasteiger partial charge < -0.3 is 0 Å². The Morgan fingerprint density at radius 3 is 1.75 bits per heavy atom. The Morgan fingerprint density at radius 1 is 1.75 bits per heavy atom. The third-order valence-corrected chi connectivity index (χ3v) is 0. The first-order valence-corrected chi connectivity index (χ1v) is 0.894. The van der Waals surface area contributed by atoms with E-state index in [1.165, 1.54) is 5.40 Å². The molecule has 22 valence electrons. The highest BCUT2D eigenvalue weighted by Crippen LogP contribution is 1.46. The van der Waals surface area contributed by atoms with Crippen LogP contribution in [0.1, 0.15) is 0 Å². The van der Waals surface area contributed by atoms with Crippen LogP contribution in [0, 0.1) is 10.7 Å². The van der Waals surface area contributed by atoms with Gasteiger partial charge in [0.1, 0.15) is 5.40 Å². The highest BCUT2D eigenvalue weighted by atomic mass is 32.1. The van der Waals surface area contributed by atoms with Crippen molar-refractivity contribution in [2.45, 2.75) is 0 Å². The predicted octanol–water partition coefficient (Wildman–Crippen LogP) is 1.05. The molecule has 4 heavy (non-hydrogen) atoms. The standard InChI is InChI=1S/CHNS.S/c2-1-3;/h3H;. The Kier molecular flexibility index (Phi) is 24.0. The summed E-state index contributed by atoms with van der Waals surface area (Å²) < 4.78 is 0. The van der Waals surface area contributed by atoms with Crippen LogP contribution in [0.25, 0.3) is 0 Å². The van der Waals surface area contributed by atoms with Crippen LogP contribution in [-0.4, -0.2) is 0 Å². The first-order valence-electron chi connectivity index (χ1n) is 0.447. The SMILES string of the molecule is N#CS.[S]. The molecule has 0 aliphatic heterocycles. The summed E-state index contributed by atoms with van der Waals surface area (Å²) in [4.78, 5) is 0. The summed E-state index contributed by atoms with van der Waals surface area (Å²) in [6.45, 7) is 0. The molecule has 0 saturated carbocycles. The third kappa shape index (κ3) is 85.9. The molecule has 3 heteroatoms. The van der Waals surface area contributed by atoms with Gasteiger partial charge in [-0.1, -0.05) is 12.6 Å². The smallest absolute Gasteiger partial charge is 0.130 e. The van der Waals surface area contributed by atoms with Crippen molar-refractivity contribution >= 4 is 26.1 Å². The van der Waals surface area contributed by atoms with Crippen LogP contribution in [0.15, 0.2) is 0 Å². The van der Waals surface area contributed by atoms with Crippen molar-refractivity contribution in [2.75, 3.05) is 0 Å². The lowest BCUT2D eigenvalue weighted by atomic mass is 11.8. The fraction of sp³-hybridized carbons (Fsp3) is 0. The average molecular weight is 91.2 g/mol. The first kappa shape index (κ1) is 8.89. The Hall–Kier alpha value is 0.190. The molecule has 1 nitrogen and oxygen atoms in total. The Bertz CT molecular complexity index is 27.5. The van der Waals surface area contributed by atoms with Gasteiger partial charge in [-0.3, -0.25) is 0 Å². The Morgan fingerprint density at radius 2 is 1.75 bits per heavy atom. The molecule has 0 fully saturated rings. The van der Waals surface area contributed by atoms with E-state index in [1.54, 1.807) is 0 Å². The van der Waals surface area contributed by atoms with Crippen molar-refractivity contribution in [2.24, 2.45) is 0 Å². The second-order valence-corrected chi connectivity index (χ2v) is 0.300. The zero-order valence-electron chi connectivity index (χ0n) is 1.80. The minimum absolute atomic E-state index is 0. The van der Waals surface area contributed by atoms with Gasteiger partial charge in [-0.2, -0.15) is 5.26 Å². The van der Waals surface area contributed by atoms with Gasteiger partial charge in [-0.15, -0.1) is 0 Å². The van der Waals surface area contributed by atoms with Gasteiger partial charge in [0.05, 0.1) is 0 Å². The van der Waals surface area contributed by atoms with Crippen LogP contribution in [-0.2, 0) is 0 Å². The van der Waals surface area contributed by atoms with Crippen molar-refractivity contribution in [3.63, 3.8) is 0 Å². The lowest BCUT2D eigenvalue weighted by molar-refractivity contribution is 1.57. The summed E-state index contributed by atoms with van der Waals surface area (Å²) in [5.41, 5.74) is 0. The van der Waals surface area contributed by atoms with Crippen LogP contribution >= 0.6 is 26.1 Å². The Balaban J connectivity index is 0. The molecule has 0 bridgehead atoms. The van der Waals surface area contributed by atoms with E-state index in [2.05, 4.69) is 12.6 Å². The van der Waals surface area contributed by atoms with E-state index >= 15 is 0 Å². The normalized spacial score (nSPS) is 2.00. The highest BCUT2D eigenvalue weighted by molar-refractivity contribution is 7.85. The molecular weight excluding hydrogens is 90.2 g/mol. The van der Waals surface area contributed by atoms with Gasteiger partial charge in [0, 0.05) is 13.5 Å². The minimum Gasteiger partial charge on any atom is -0.185 e. The maximum Gasteiger partial charge on any atom is 0.130 e. The molecule has 0 aromatic carbocycles. The summed E-state index contributed by atoms with van der Waals surface area (Å²) >= 11 is 3.09. The molecule has 0 aliphatic carbocycles. The van der Waals surface area contributed by atoms with Crippen molar-refractivity contribution < 1.29 is 0 Å². The number of thiocyanates is 1. The fourth-order valence-electron chi connectivity index (χ4n) is 0. The van der Waals surface area contributed by atoms with E-state index in [9.17, 15) is 0 Å². The summed E-state index contributed by atoms with van der Waals surface area (Å²) in [7, 11) is 0. The zero-order valence-corrected chi connectivity index (χ0v) is 3.51. The number of nitriles is 1. The molecule has 0 atom stereocenters. The maximum absolute atomic E-state index is 7.18. The highest BCUT2D eigenvalue weighted by Gasteiger charge is 1.18. The molecule has 0 amide bonds. The number of thiol groups is 1. The molecule has 0 unspecified atom stereocenters. The molecule has 0 N–H and O–H groups in total. The van der Waals surface area contributed by atoms with E-state index in [4.69, 9.17) is 5.26 Å². The van der Waals surface area contributed by atoms with Gasteiger partial charge >= 0.3 is 0 Å². The number of rotatable bonds is 0. The molecule has 0 aromatic heterocycles. The van der Waals surface area contributed by atoms with E-state index < -0.39 is 0 Å². The van der Waals surface area contributed by atoms with Crippen molar-refractivity contribution in [1.29, 1.82) is 5.26 Å². The first-order chi connectivity index (χ1) is 1.41. The van der Waals surface area contributed by atoms with Gasteiger partial charge in [-0.05, 0) is 0 Å². The molecular formula is CHNS2. The number of hydrogen-bond donors (Lipinski definition) is 1. The number of hydrogen-bond acceptors (Lipinski definition) is 2. The van der Waals surface area contributed by atoms with E-state index in [-0.39, 0.29) is 13.5 Å². The molecule has 0 rings (SSSR count). The third-order valence-electron chi connectivity index (χ3n) is 0. The topological polar surface area (TPSA) is 23.8 Å². The quantitative estimate of drug-likeness (QED) is 0.349. The van der Waals surface area contributed by atoms with Gasteiger partial charge in [0.2, 0.25) is 0 Å². The van der Waals surface area contributed by atoms with Crippen LogP contribution in [0.2, 0.25) is 0 Å².